The Morgan fingerprint density at radius 1 is 1.26 bits per heavy atom. The number of hydrogen-bond acceptors (Lipinski definition) is 3. The molecule has 1 aliphatic heterocycles. The van der Waals surface area contributed by atoms with Gasteiger partial charge >= 0.3 is 12.0 Å². The molecule has 0 atom stereocenters. The molecule has 23 heavy (non-hydrogen) atoms. The van der Waals surface area contributed by atoms with Gasteiger partial charge in [-0.2, -0.15) is 0 Å². The van der Waals surface area contributed by atoms with Gasteiger partial charge in [0.05, 0.1) is 12.5 Å². The highest BCUT2D eigenvalue weighted by molar-refractivity contribution is 5.77. The van der Waals surface area contributed by atoms with E-state index in [1.54, 1.807) is 18.7 Å². The molecular weight excluding hydrogens is 292 g/mol. The first-order valence-electron chi connectivity index (χ1n) is 8.03. The lowest BCUT2D eigenvalue weighted by molar-refractivity contribution is -0.147. The lowest BCUT2D eigenvalue weighted by atomic mass is 10.00. The van der Waals surface area contributed by atoms with Crippen molar-refractivity contribution in [2.75, 3.05) is 19.6 Å². The molecule has 2 rings (SSSR count). The summed E-state index contributed by atoms with van der Waals surface area (Å²) in [6.45, 7) is 5.19. The molecule has 0 radical (unpaired) electrons. The van der Waals surface area contributed by atoms with Crippen molar-refractivity contribution in [2.45, 2.75) is 32.8 Å². The molecule has 0 saturated heterocycles. The zero-order chi connectivity index (χ0) is 16.7. The number of benzene rings is 1. The van der Waals surface area contributed by atoms with Crippen LogP contribution in [0, 0.1) is 0 Å². The second kappa shape index (κ2) is 8.36. The Balaban J connectivity index is 1.75. The van der Waals surface area contributed by atoms with Gasteiger partial charge in [0.15, 0.2) is 0 Å². The van der Waals surface area contributed by atoms with Gasteiger partial charge in [-0.05, 0) is 31.4 Å². The molecule has 2 amide bonds. The van der Waals surface area contributed by atoms with Gasteiger partial charge in [0.25, 0.3) is 0 Å². The SMILES string of the molecule is CC(C)OC(=O)CCNC(=O)N1CC=C(c2ccccc2)CC1. The molecule has 0 aliphatic carbocycles. The summed E-state index contributed by atoms with van der Waals surface area (Å²) in [6.07, 6.45) is 3.00. The summed E-state index contributed by atoms with van der Waals surface area (Å²) < 4.78 is 5.03. The number of amides is 2. The van der Waals surface area contributed by atoms with Gasteiger partial charge in [-0.15, -0.1) is 0 Å². The van der Waals surface area contributed by atoms with E-state index in [9.17, 15) is 9.59 Å². The van der Waals surface area contributed by atoms with Crippen molar-refractivity contribution < 1.29 is 14.3 Å². The maximum absolute atomic E-state index is 12.1. The molecule has 0 fully saturated rings. The van der Waals surface area contributed by atoms with E-state index < -0.39 is 0 Å². The molecule has 0 bridgehead atoms. The van der Waals surface area contributed by atoms with Crippen molar-refractivity contribution in [3.05, 3.63) is 42.0 Å². The highest BCUT2D eigenvalue weighted by Gasteiger charge is 2.17. The molecule has 0 aromatic heterocycles. The van der Waals surface area contributed by atoms with Gasteiger partial charge in [0.1, 0.15) is 0 Å². The summed E-state index contributed by atoms with van der Waals surface area (Å²) in [5.74, 6) is -0.287. The minimum Gasteiger partial charge on any atom is -0.463 e. The van der Waals surface area contributed by atoms with Crippen LogP contribution in [0.2, 0.25) is 0 Å². The average Bonchev–Trinajstić information content (AvgIpc) is 2.55. The molecule has 1 aromatic carbocycles. The van der Waals surface area contributed by atoms with Gasteiger partial charge in [-0.3, -0.25) is 4.79 Å². The topological polar surface area (TPSA) is 58.6 Å². The summed E-state index contributed by atoms with van der Waals surface area (Å²) in [6, 6.07) is 10.1. The van der Waals surface area contributed by atoms with Crippen molar-refractivity contribution >= 4 is 17.6 Å². The molecule has 0 saturated carbocycles. The third-order valence-corrected chi connectivity index (χ3v) is 3.61. The van der Waals surface area contributed by atoms with Gasteiger partial charge in [0, 0.05) is 19.6 Å². The molecule has 1 heterocycles. The van der Waals surface area contributed by atoms with Crippen LogP contribution in [0.1, 0.15) is 32.3 Å². The van der Waals surface area contributed by atoms with Crippen molar-refractivity contribution in [3.8, 4) is 0 Å². The number of carbonyl (C=O) groups is 2. The van der Waals surface area contributed by atoms with Crippen LogP contribution in [0.4, 0.5) is 4.79 Å². The summed E-state index contributed by atoms with van der Waals surface area (Å²) >= 11 is 0. The third kappa shape index (κ3) is 5.43. The normalized spacial score (nSPS) is 14.4. The minimum atomic E-state index is -0.287. The molecule has 0 unspecified atom stereocenters. The summed E-state index contributed by atoms with van der Waals surface area (Å²) in [7, 11) is 0. The smallest absolute Gasteiger partial charge is 0.317 e. The van der Waals surface area contributed by atoms with Gasteiger partial charge in [-0.25, -0.2) is 4.79 Å². The summed E-state index contributed by atoms with van der Waals surface area (Å²) in [4.78, 5) is 25.2. The van der Waals surface area contributed by atoms with Crippen molar-refractivity contribution in [2.24, 2.45) is 0 Å². The number of carbonyl (C=O) groups excluding carboxylic acids is 2. The van der Waals surface area contributed by atoms with Crippen LogP contribution in [0.5, 0.6) is 0 Å². The first kappa shape index (κ1) is 17.1. The molecule has 1 aliphatic rings. The maximum atomic E-state index is 12.1. The van der Waals surface area contributed by atoms with Crippen LogP contribution in [0.25, 0.3) is 5.57 Å². The summed E-state index contributed by atoms with van der Waals surface area (Å²) in [5, 5.41) is 2.77. The Morgan fingerprint density at radius 2 is 2.00 bits per heavy atom. The van der Waals surface area contributed by atoms with E-state index >= 15 is 0 Å². The van der Waals surface area contributed by atoms with Crippen LogP contribution in [-0.4, -0.2) is 42.6 Å². The number of esters is 1. The zero-order valence-electron chi connectivity index (χ0n) is 13.7. The summed E-state index contributed by atoms with van der Waals surface area (Å²) in [5.41, 5.74) is 2.49. The largest absolute Gasteiger partial charge is 0.463 e. The molecule has 1 N–H and O–H groups in total. The van der Waals surface area contributed by atoms with Crippen molar-refractivity contribution in [1.82, 2.24) is 10.2 Å². The second-order valence-corrected chi connectivity index (χ2v) is 5.81. The van der Waals surface area contributed by atoms with Gasteiger partial charge in [-0.1, -0.05) is 36.4 Å². The first-order valence-corrected chi connectivity index (χ1v) is 8.03. The number of nitrogens with zero attached hydrogens (tertiary/aromatic N) is 1. The molecule has 124 valence electrons. The van der Waals surface area contributed by atoms with E-state index in [4.69, 9.17) is 4.74 Å². The Kier molecular flexibility index (Phi) is 6.20. The fourth-order valence-corrected chi connectivity index (χ4v) is 2.47. The minimum absolute atomic E-state index is 0.123. The van der Waals surface area contributed by atoms with Crippen LogP contribution in [0.15, 0.2) is 36.4 Å². The molecule has 5 nitrogen and oxygen atoms in total. The average molecular weight is 316 g/mol. The number of ether oxygens (including phenoxy) is 1. The fraction of sp³-hybridized carbons (Fsp3) is 0.444. The maximum Gasteiger partial charge on any atom is 0.317 e. The van der Waals surface area contributed by atoms with E-state index in [-0.39, 0.29) is 24.5 Å². The quantitative estimate of drug-likeness (QED) is 0.850. The lowest BCUT2D eigenvalue weighted by Gasteiger charge is -2.26. The Labute approximate surface area is 137 Å². The fourth-order valence-electron chi connectivity index (χ4n) is 2.47. The van der Waals surface area contributed by atoms with E-state index in [2.05, 4.69) is 23.5 Å². The van der Waals surface area contributed by atoms with E-state index in [1.165, 1.54) is 11.1 Å². The Hall–Kier alpha value is -2.30. The third-order valence-electron chi connectivity index (χ3n) is 3.61. The predicted octanol–water partition coefficient (Wildman–Crippen LogP) is 2.83. The molecular formula is C18H24N2O3. The van der Waals surface area contributed by atoms with Crippen LogP contribution in [0.3, 0.4) is 0 Å². The molecule has 5 heteroatoms. The molecule has 1 aromatic rings. The van der Waals surface area contributed by atoms with Crippen LogP contribution >= 0.6 is 0 Å². The second-order valence-electron chi connectivity index (χ2n) is 5.81. The highest BCUT2D eigenvalue weighted by atomic mass is 16.5. The zero-order valence-corrected chi connectivity index (χ0v) is 13.7. The highest BCUT2D eigenvalue weighted by Crippen LogP contribution is 2.21. The Morgan fingerprint density at radius 3 is 2.61 bits per heavy atom. The predicted molar refractivity (Wildman–Crippen MR) is 89.9 cm³/mol. The van der Waals surface area contributed by atoms with E-state index in [1.807, 2.05) is 18.2 Å². The van der Waals surface area contributed by atoms with E-state index in [0.29, 0.717) is 19.6 Å². The number of rotatable bonds is 5. The number of urea groups is 1. The lowest BCUT2D eigenvalue weighted by Crippen LogP contribution is -2.42. The van der Waals surface area contributed by atoms with E-state index in [0.717, 1.165) is 6.42 Å². The monoisotopic (exact) mass is 316 g/mol. The van der Waals surface area contributed by atoms with Crippen LogP contribution in [-0.2, 0) is 9.53 Å². The van der Waals surface area contributed by atoms with Gasteiger partial charge in [0.2, 0.25) is 0 Å². The number of nitrogens with one attached hydrogen (secondary N) is 1. The Bertz CT molecular complexity index is 567. The molecule has 0 spiro atoms. The van der Waals surface area contributed by atoms with Crippen molar-refractivity contribution in [3.63, 3.8) is 0 Å². The standard InChI is InChI=1S/C18H24N2O3/c1-14(2)23-17(21)8-11-19-18(22)20-12-9-16(10-13-20)15-6-4-3-5-7-15/h3-7,9,14H,8,10-13H2,1-2H3,(H,19,22). The van der Waals surface area contributed by atoms with Gasteiger partial charge < -0.3 is 15.0 Å². The number of hydrogen-bond donors (Lipinski definition) is 1. The van der Waals surface area contributed by atoms with Crippen molar-refractivity contribution in [1.29, 1.82) is 0 Å². The van der Waals surface area contributed by atoms with Crippen LogP contribution < -0.4 is 5.32 Å². The first-order chi connectivity index (χ1) is 11.1.